The maximum atomic E-state index is 12.7. The SMILES string of the molecule is CC(C)Cc1ccc(C(=O)N(C)CC2CC(=O)N(C3CCCC3)C2)cc1. The van der Waals surface area contributed by atoms with Crippen molar-refractivity contribution in [2.75, 3.05) is 20.1 Å². The van der Waals surface area contributed by atoms with Gasteiger partial charge in [-0.2, -0.15) is 0 Å². The highest BCUT2D eigenvalue weighted by Crippen LogP contribution is 2.29. The van der Waals surface area contributed by atoms with Crippen molar-refractivity contribution in [3.63, 3.8) is 0 Å². The molecular weight excluding hydrogens is 324 g/mol. The lowest BCUT2D eigenvalue weighted by molar-refractivity contribution is -0.129. The first-order chi connectivity index (χ1) is 12.4. The molecule has 3 rings (SSSR count). The first kappa shape index (κ1) is 18.9. The van der Waals surface area contributed by atoms with E-state index < -0.39 is 0 Å². The third-order valence-corrected chi connectivity index (χ3v) is 5.73. The maximum Gasteiger partial charge on any atom is 0.253 e. The molecular formula is C22H32N2O2. The highest BCUT2D eigenvalue weighted by Gasteiger charge is 2.36. The first-order valence-corrected chi connectivity index (χ1v) is 10.1. The summed E-state index contributed by atoms with van der Waals surface area (Å²) in [6.07, 6.45) is 6.40. The Labute approximate surface area is 157 Å². The van der Waals surface area contributed by atoms with Gasteiger partial charge in [-0.3, -0.25) is 9.59 Å². The lowest BCUT2D eigenvalue weighted by atomic mass is 10.0. The van der Waals surface area contributed by atoms with Crippen molar-refractivity contribution in [3.8, 4) is 0 Å². The summed E-state index contributed by atoms with van der Waals surface area (Å²) in [5.41, 5.74) is 2.00. The van der Waals surface area contributed by atoms with E-state index in [-0.39, 0.29) is 17.7 Å². The molecule has 0 N–H and O–H groups in total. The zero-order valence-electron chi connectivity index (χ0n) is 16.4. The second-order valence-electron chi connectivity index (χ2n) is 8.54. The predicted molar refractivity (Wildman–Crippen MR) is 104 cm³/mol. The smallest absolute Gasteiger partial charge is 0.253 e. The van der Waals surface area contributed by atoms with Gasteiger partial charge in [-0.25, -0.2) is 0 Å². The van der Waals surface area contributed by atoms with Crippen molar-refractivity contribution in [2.45, 2.75) is 58.4 Å². The number of carbonyl (C=O) groups excluding carboxylic acids is 2. The Balaban J connectivity index is 1.55. The topological polar surface area (TPSA) is 40.6 Å². The van der Waals surface area contributed by atoms with Crippen molar-refractivity contribution >= 4 is 11.8 Å². The summed E-state index contributed by atoms with van der Waals surface area (Å²) in [7, 11) is 1.85. The highest BCUT2D eigenvalue weighted by molar-refractivity contribution is 5.94. The molecule has 4 nitrogen and oxygen atoms in total. The molecule has 1 aliphatic carbocycles. The molecule has 26 heavy (non-hydrogen) atoms. The second-order valence-corrected chi connectivity index (χ2v) is 8.54. The Morgan fingerprint density at radius 3 is 2.46 bits per heavy atom. The van der Waals surface area contributed by atoms with Crippen LogP contribution in [0.25, 0.3) is 0 Å². The summed E-state index contributed by atoms with van der Waals surface area (Å²) in [5.74, 6) is 1.20. The largest absolute Gasteiger partial charge is 0.341 e. The van der Waals surface area contributed by atoms with Gasteiger partial charge in [0.15, 0.2) is 0 Å². The molecule has 1 aromatic rings. The fourth-order valence-electron chi connectivity index (χ4n) is 4.45. The standard InChI is InChI=1S/C22H32N2O2/c1-16(2)12-17-8-10-19(11-9-17)22(26)23(3)14-18-13-21(25)24(15-18)20-6-4-5-7-20/h8-11,16,18,20H,4-7,12-15H2,1-3H3. The van der Waals surface area contributed by atoms with E-state index in [1.807, 2.05) is 19.2 Å². The van der Waals surface area contributed by atoms with Crippen LogP contribution in [0.5, 0.6) is 0 Å². The monoisotopic (exact) mass is 356 g/mol. The molecule has 0 spiro atoms. The average Bonchev–Trinajstić information content (AvgIpc) is 3.24. The lowest BCUT2D eigenvalue weighted by Gasteiger charge is -2.25. The quantitative estimate of drug-likeness (QED) is 0.779. The number of likely N-dealkylation sites (tertiary alicyclic amines) is 1. The fraction of sp³-hybridized carbons (Fsp3) is 0.636. The van der Waals surface area contributed by atoms with Gasteiger partial charge in [0.05, 0.1) is 0 Å². The van der Waals surface area contributed by atoms with Gasteiger partial charge in [0.1, 0.15) is 0 Å². The Hall–Kier alpha value is -1.84. The number of amides is 2. The molecule has 142 valence electrons. The fourth-order valence-corrected chi connectivity index (χ4v) is 4.45. The van der Waals surface area contributed by atoms with Gasteiger partial charge >= 0.3 is 0 Å². The van der Waals surface area contributed by atoms with Crippen LogP contribution >= 0.6 is 0 Å². The Morgan fingerprint density at radius 2 is 1.85 bits per heavy atom. The number of nitrogens with zero attached hydrogens (tertiary/aromatic N) is 2. The lowest BCUT2D eigenvalue weighted by Crippen LogP contribution is -2.36. The molecule has 2 aliphatic rings. The molecule has 1 heterocycles. The van der Waals surface area contributed by atoms with E-state index in [9.17, 15) is 9.59 Å². The predicted octanol–water partition coefficient (Wildman–Crippen LogP) is 3.75. The van der Waals surface area contributed by atoms with E-state index in [0.717, 1.165) is 31.4 Å². The van der Waals surface area contributed by atoms with E-state index in [4.69, 9.17) is 0 Å². The average molecular weight is 357 g/mol. The summed E-state index contributed by atoms with van der Waals surface area (Å²) < 4.78 is 0. The summed E-state index contributed by atoms with van der Waals surface area (Å²) in [4.78, 5) is 28.9. The number of hydrogen-bond acceptors (Lipinski definition) is 2. The number of carbonyl (C=O) groups is 2. The van der Waals surface area contributed by atoms with Gasteiger partial charge in [-0.1, -0.05) is 38.8 Å². The third kappa shape index (κ3) is 4.46. The molecule has 1 unspecified atom stereocenters. The number of rotatable bonds is 6. The maximum absolute atomic E-state index is 12.7. The summed E-state index contributed by atoms with van der Waals surface area (Å²) in [6, 6.07) is 8.42. The van der Waals surface area contributed by atoms with Crippen LogP contribution in [0.4, 0.5) is 0 Å². The van der Waals surface area contributed by atoms with Crippen molar-refractivity contribution in [2.24, 2.45) is 11.8 Å². The molecule has 1 aliphatic heterocycles. The number of hydrogen-bond donors (Lipinski definition) is 0. The van der Waals surface area contributed by atoms with Crippen LogP contribution in [-0.2, 0) is 11.2 Å². The molecule has 0 bridgehead atoms. The summed E-state index contributed by atoms with van der Waals surface area (Å²) >= 11 is 0. The molecule has 2 fully saturated rings. The number of benzene rings is 1. The van der Waals surface area contributed by atoms with Crippen molar-refractivity contribution in [3.05, 3.63) is 35.4 Å². The van der Waals surface area contributed by atoms with Crippen molar-refractivity contribution in [1.82, 2.24) is 9.80 Å². The molecule has 0 aromatic heterocycles. The van der Waals surface area contributed by atoms with E-state index in [1.54, 1.807) is 4.90 Å². The van der Waals surface area contributed by atoms with Crippen LogP contribution in [0.15, 0.2) is 24.3 Å². The van der Waals surface area contributed by atoms with Crippen molar-refractivity contribution in [1.29, 1.82) is 0 Å². The molecule has 4 heteroatoms. The van der Waals surface area contributed by atoms with Crippen LogP contribution in [-0.4, -0.2) is 47.8 Å². The first-order valence-electron chi connectivity index (χ1n) is 10.1. The van der Waals surface area contributed by atoms with Gasteiger partial charge in [-0.05, 0) is 42.9 Å². The summed E-state index contributed by atoms with van der Waals surface area (Å²) in [6.45, 7) is 5.87. The molecule has 2 amide bonds. The molecule has 1 saturated carbocycles. The normalized spacial score (nSPS) is 21.0. The minimum Gasteiger partial charge on any atom is -0.341 e. The van der Waals surface area contributed by atoms with Crippen LogP contribution in [0.1, 0.15) is 61.9 Å². The molecule has 1 saturated heterocycles. The van der Waals surface area contributed by atoms with Crippen molar-refractivity contribution < 1.29 is 9.59 Å². The van der Waals surface area contributed by atoms with E-state index >= 15 is 0 Å². The van der Waals surface area contributed by atoms with Gasteiger partial charge < -0.3 is 9.80 Å². The van der Waals surface area contributed by atoms with E-state index in [2.05, 4.69) is 30.9 Å². The Kier molecular flexibility index (Phi) is 6.00. The minimum atomic E-state index is 0.0489. The zero-order valence-corrected chi connectivity index (χ0v) is 16.4. The van der Waals surface area contributed by atoms with Crippen LogP contribution in [0.2, 0.25) is 0 Å². The third-order valence-electron chi connectivity index (χ3n) is 5.73. The Bertz CT molecular complexity index is 632. The molecule has 1 aromatic carbocycles. The Morgan fingerprint density at radius 1 is 1.19 bits per heavy atom. The van der Waals surface area contributed by atoms with Gasteiger partial charge in [-0.15, -0.1) is 0 Å². The highest BCUT2D eigenvalue weighted by atomic mass is 16.2. The molecule has 0 radical (unpaired) electrons. The van der Waals surface area contributed by atoms with Gasteiger partial charge in [0.25, 0.3) is 5.91 Å². The van der Waals surface area contributed by atoms with Crippen LogP contribution in [0, 0.1) is 11.8 Å². The minimum absolute atomic E-state index is 0.0489. The zero-order chi connectivity index (χ0) is 18.7. The van der Waals surface area contributed by atoms with Gasteiger partial charge in [0.2, 0.25) is 5.91 Å². The van der Waals surface area contributed by atoms with E-state index in [1.165, 1.54) is 18.4 Å². The van der Waals surface area contributed by atoms with E-state index in [0.29, 0.717) is 24.9 Å². The summed E-state index contributed by atoms with van der Waals surface area (Å²) in [5, 5.41) is 0. The van der Waals surface area contributed by atoms with Crippen LogP contribution < -0.4 is 0 Å². The second kappa shape index (κ2) is 8.24. The van der Waals surface area contributed by atoms with Gasteiger partial charge in [0, 0.05) is 44.1 Å². The van der Waals surface area contributed by atoms with Crippen LogP contribution in [0.3, 0.4) is 0 Å². The molecule has 1 atom stereocenters.